The number of hydrogen-bond donors (Lipinski definition) is 3. The fourth-order valence-corrected chi connectivity index (χ4v) is 3.66. The van der Waals surface area contributed by atoms with Crippen LogP contribution in [0.15, 0.2) is 47.6 Å². The average molecular weight is 424 g/mol. The van der Waals surface area contributed by atoms with Gasteiger partial charge in [-0.1, -0.05) is 18.2 Å². The molecule has 1 saturated carbocycles. The van der Waals surface area contributed by atoms with Crippen LogP contribution in [-0.2, 0) is 13.0 Å². The van der Waals surface area contributed by atoms with Gasteiger partial charge in [0.15, 0.2) is 5.96 Å². The largest absolute Gasteiger partial charge is 0.474 e. The van der Waals surface area contributed by atoms with Crippen LogP contribution in [0.1, 0.15) is 54.1 Å². The lowest BCUT2D eigenvalue weighted by atomic mass is 10.1. The molecule has 7 heteroatoms. The molecule has 1 amide bonds. The number of carbonyl (C=O) groups is 1. The summed E-state index contributed by atoms with van der Waals surface area (Å²) in [4.78, 5) is 21.0. The standard InChI is InChI=1S/C24H33N5O2/c1-3-26-24(28-15-13-18-8-6-9-19(16-18)22(30)25-2)29-17-20-10-7-14-27-23(20)31-21-11-4-5-12-21/h6-10,14,16,21H,3-5,11-13,15,17H2,1-2H3,(H,25,30)(H2,26,28,29). The van der Waals surface area contributed by atoms with Crippen molar-refractivity contribution in [1.29, 1.82) is 0 Å². The van der Waals surface area contributed by atoms with E-state index in [1.807, 2.05) is 43.3 Å². The lowest BCUT2D eigenvalue weighted by molar-refractivity contribution is 0.0963. The Bertz CT molecular complexity index is 878. The van der Waals surface area contributed by atoms with Gasteiger partial charge in [0.2, 0.25) is 5.88 Å². The maximum absolute atomic E-state index is 11.8. The number of hydrogen-bond acceptors (Lipinski definition) is 4. The maximum Gasteiger partial charge on any atom is 0.251 e. The van der Waals surface area contributed by atoms with E-state index in [9.17, 15) is 4.79 Å². The van der Waals surface area contributed by atoms with E-state index in [1.165, 1.54) is 12.8 Å². The van der Waals surface area contributed by atoms with E-state index in [4.69, 9.17) is 9.73 Å². The van der Waals surface area contributed by atoms with Crippen LogP contribution in [0, 0.1) is 0 Å². The third kappa shape index (κ3) is 6.98. The molecule has 0 aliphatic heterocycles. The molecule has 7 nitrogen and oxygen atoms in total. The second-order valence-corrected chi connectivity index (χ2v) is 7.64. The monoisotopic (exact) mass is 423 g/mol. The number of nitrogens with one attached hydrogen (secondary N) is 3. The minimum Gasteiger partial charge on any atom is -0.474 e. The first-order valence-corrected chi connectivity index (χ1v) is 11.1. The highest BCUT2D eigenvalue weighted by molar-refractivity contribution is 5.94. The Morgan fingerprint density at radius 3 is 2.81 bits per heavy atom. The molecule has 2 aromatic rings. The van der Waals surface area contributed by atoms with Crippen LogP contribution >= 0.6 is 0 Å². The lowest BCUT2D eigenvalue weighted by Gasteiger charge is -2.15. The average Bonchev–Trinajstić information content (AvgIpc) is 3.31. The molecular formula is C24H33N5O2. The molecular weight excluding hydrogens is 390 g/mol. The van der Waals surface area contributed by atoms with Crippen LogP contribution in [0.4, 0.5) is 0 Å². The van der Waals surface area contributed by atoms with E-state index >= 15 is 0 Å². The molecule has 1 fully saturated rings. The third-order valence-corrected chi connectivity index (χ3v) is 5.30. The maximum atomic E-state index is 11.8. The van der Waals surface area contributed by atoms with Crippen molar-refractivity contribution >= 4 is 11.9 Å². The molecule has 1 aliphatic rings. The molecule has 1 aromatic heterocycles. The summed E-state index contributed by atoms with van der Waals surface area (Å²) < 4.78 is 6.12. The Kier molecular flexibility index (Phi) is 8.70. The van der Waals surface area contributed by atoms with Crippen molar-refractivity contribution in [3.63, 3.8) is 0 Å². The SMILES string of the molecule is CCNC(=NCc1cccnc1OC1CCCC1)NCCc1cccc(C(=O)NC)c1. The molecule has 0 unspecified atom stereocenters. The summed E-state index contributed by atoms with van der Waals surface area (Å²) in [5, 5.41) is 9.32. The number of nitrogens with zero attached hydrogens (tertiary/aromatic N) is 2. The third-order valence-electron chi connectivity index (χ3n) is 5.30. The van der Waals surface area contributed by atoms with Crippen molar-refractivity contribution in [2.24, 2.45) is 4.99 Å². The quantitative estimate of drug-likeness (QED) is 0.426. The number of aromatic nitrogens is 1. The number of benzene rings is 1. The molecule has 3 rings (SSSR count). The highest BCUT2D eigenvalue weighted by atomic mass is 16.5. The topological polar surface area (TPSA) is 87.6 Å². The summed E-state index contributed by atoms with van der Waals surface area (Å²) >= 11 is 0. The van der Waals surface area contributed by atoms with Gasteiger partial charge in [0, 0.05) is 37.5 Å². The molecule has 0 spiro atoms. The van der Waals surface area contributed by atoms with Gasteiger partial charge in [0.25, 0.3) is 5.91 Å². The zero-order valence-corrected chi connectivity index (χ0v) is 18.5. The molecule has 31 heavy (non-hydrogen) atoms. The summed E-state index contributed by atoms with van der Waals surface area (Å²) in [5.41, 5.74) is 2.76. The highest BCUT2D eigenvalue weighted by Gasteiger charge is 2.18. The van der Waals surface area contributed by atoms with Crippen molar-refractivity contribution in [2.45, 2.75) is 51.7 Å². The Morgan fingerprint density at radius 1 is 1.19 bits per heavy atom. The number of amides is 1. The van der Waals surface area contributed by atoms with Gasteiger partial charge in [-0.25, -0.2) is 9.98 Å². The van der Waals surface area contributed by atoms with E-state index in [-0.39, 0.29) is 12.0 Å². The molecule has 3 N–H and O–H groups in total. The number of guanidine groups is 1. The van der Waals surface area contributed by atoms with Crippen molar-refractivity contribution in [3.05, 3.63) is 59.3 Å². The molecule has 166 valence electrons. The molecule has 1 heterocycles. The Balaban J connectivity index is 1.58. The Hall–Kier alpha value is -3.09. The summed E-state index contributed by atoms with van der Waals surface area (Å²) in [6.45, 7) is 4.03. The summed E-state index contributed by atoms with van der Waals surface area (Å²) in [7, 11) is 1.64. The van der Waals surface area contributed by atoms with Gasteiger partial charge in [0.1, 0.15) is 6.10 Å². The first-order valence-electron chi connectivity index (χ1n) is 11.1. The summed E-state index contributed by atoms with van der Waals surface area (Å²) in [5.74, 6) is 1.37. The predicted molar refractivity (Wildman–Crippen MR) is 123 cm³/mol. The van der Waals surface area contributed by atoms with Crippen molar-refractivity contribution in [2.75, 3.05) is 20.1 Å². The first kappa shape index (κ1) is 22.6. The van der Waals surface area contributed by atoms with E-state index in [0.717, 1.165) is 42.9 Å². The van der Waals surface area contributed by atoms with Crippen molar-refractivity contribution in [1.82, 2.24) is 20.9 Å². The minimum atomic E-state index is -0.0724. The van der Waals surface area contributed by atoms with Gasteiger partial charge in [-0.3, -0.25) is 4.79 Å². The number of rotatable bonds is 9. The second kappa shape index (κ2) is 11.9. The van der Waals surface area contributed by atoms with Gasteiger partial charge in [-0.2, -0.15) is 0 Å². The van der Waals surface area contributed by atoms with Gasteiger partial charge < -0.3 is 20.7 Å². The molecule has 0 radical (unpaired) electrons. The van der Waals surface area contributed by atoms with Crippen LogP contribution in [0.5, 0.6) is 5.88 Å². The van der Waals surface area contributed by atoms with E-state index in [2.05, 4.69) is 20.9 Å². The van der Waals surface area contributed by atoms with Gasteiger partial charge in [-0.15, -0.1) is 0 Å². The Labute approximate surface area is 184 Å². The lowest BCUT2D eigenvalue weighted by Crippen LogP contribution is -2.38. The summed E-state index contributed by atoms with van der Waals surface area (Å²) in [6.07, 6.45) is 7.49. The van der Waals surface area contributed by atoms with Gasteiger partial charge in [0.05, 0.1) is 6.54 Å². The minimum absolute atomic E-state index is 0.0724. The van der Waals surface area contributed by atoms with Crippen LogP contribution in [0.2, 0.25) is 0 Å². The zero-order valence-electron chi connectivity index (χ0n) is 18.5. The first-order chi connectivity index (χ1) is 15.2. The van der Waals surface area contributed by atoms with E-state index in [1.54, 1.807) is 13.2 Å². The van der Waals surface area contributed by atoms with Crippen LogP contribution in [0.3, 0.4) is 0 Å². The normalized spacial score (nSPS) is 14.3. The summed E-state index contributed by atoms with van der Waals surface area (Å²) in [6, 6.07) is 11.6. The van der Waals surface area contributed by atoms with Crippen LogP contribution < -0.4 is 20.7 Å². The number of pyridine rings is 1. The number of ether oxygens (including phenoxy) is 1. The Morgan fingerprint density at radius 2 is 2.03 bits per heavy atom. The predicted octanol–water partition coefficient (Wildman–Crippen LogP) is 3.06. The fourth-order valence-electron chi connectivity index (χ4n) is 3.66. The van der Waals surface area contributed by atoms with Crippen LogP contribution in [-0.4, -0.2) is 43.1 Å². The highest BCUT2D eigenvalue weighted by Crippen LogP contribution is 2.25. The molecule has 0 saturated heterocycles. The van der Waals surface area contributed by atoms with Gasteiger partial charge in [-0.05, 0) is 62.8 Å². The van der Waals surface area contributed by atoms with E-state index in [0.29, 0.717) is 24.5 Å². The van der Waals surface area contributed by atoms with Crippen molar-refractivity contribution in [3.8, 4) is 5.88 Å². The smallest absolute Gasteiger partial charge is 0.251 e. The molecule has 0 atom stereocenters. The zero-order chi connectivity index (χ0) is 21.9. The molecule has 1 aromatic carbocycles. The van der Waals surface area contributed by atoms with Crippen LogP contribution in [0.25, 0.3) is 0 Å². The van der Waals surface area contributed by atoms with Crippen molar-refractivity contribution < 1.29 is 9.53 Å². The number of aliphatic imine (C=N–C) groups is 1. The molecule has 1 aliphatic carbocycles. The second-order valence-electron chi connectivity index (χ2n) is 7.64. The number of carbonyl (C=O) groups excluding carboxylic acids is 1. The van der Waals surface area contributed by atoms with Gasteiger partial charge >= 0.3 is 0 Å². The fraction of sp³-hybridized carbons (Fsp3) is 0.458. The molecule has 0 bridgehead atoms. The van der Waals surface area contributed by atoms with E-state index < -0.39 is 0 Å².